The van der Waals surface area contributed by atoms with E-state index < -0.39 is 5.82 Å². The number of thioether (sulfide) groups is 1. The number of halogens is 2. The van der Waals surface area contributed by atoms with Gasteiger partial charge in [0.15, 0.2) is 0 Å². The van der Waals surface area contributed by atoms with E-state index in [1.807, 2.05) is 0 Å². The third-order valence-corrected chi connectivity index (χ3v) is 5.00. The first-order valence-corrected chi connectivity index (χ1v) is 9.19. The van der Waals surface area contributed by atoms with Crippen LogP contribution in [0.25, 0.3) is 5.69 Å². The zero-order valence-corrected chi connectivity index (χ0v) is 15.8. The molecule has 1 aromatic heterocycles. The lowest BCUT2D eigenvalue weighted by Crippen LogP contribution is -2.28. The number of nitrogens with zero attached hydrogens (tertiary/aromatic N) is 5. The molecule has 3 aromatic rings. The van der Waals surface area contributed by atoms with Crippen molar-refractivity contribution in [2.24, 2.45) is 0 Å². The molecule has 140 valence electrons. The molecule has 0 bridgehead atoms. The van der Waals surface area contributed by atoms with Crippen LogP contribution in [0.4, 0.5) is 4.39 Å². The Morgan fingerprint density at radius 1 is 1.30 bits per heavy atom. The minimum Gasteiger partial charge on any atom is -0.508 e. The highest BCUT2D eigenvalue weighted by Crippen LogP contribution is 2.22. The summed E-state index contributed by atoms with van der Waals surface area (Å²) in [5.74, 6) is -0.476. The third kappa shape index (κ3) is 4.55. The molecule has 7 nitrogen and oxygen atoms in total. The number of phenols is 1. The third-order valence-electron chi connectivity index (χ3n) is 3.74. The van der Waals surface area contributed by atoms with Gasteiger partial charge in [-0.25, -0.2) is 4.39 Å². The summed E-state index contributed by atoms with van der Waals surface area (Å²) in [6, 6.07) is 10.7. The first-order valence-electron chi connectivity index (χ1n) is 7.83. The number of phenolic OH excluding ortho intramolecular Hbond substituents is 1. The minimum atomic E-state index is -0.453. The van der Waals surface area contributed by atoms with Crippen LogP contribution in [0, 0.1) is 5.82 Å². The smallest absolute Gasteiger partial charge is 0.233 e. The average Bonchev–Trinajstić information content (AvgIpc) is 3.12. The molecule has 2 aromatic carbocycles. The van der Waals surface area contributed by atoms with Gasteiger partial charge in [-0.1, -0.05) is 29.4 Å². The second-order valence-electron chi connectivity index (χ2n) is 5.63. The normalized spacial score (nSPS) is 10.8. The standard InChI is InChI=1S/C17H15ClFN5O2S/c1-23(9-13-14(18)3-2-4-15(13)19)16(26)10-27-17-20-21-22-24(17)11-5-7-12(25)8-6-11/h2-8,25H,9-10H2,1H3. The van der Waals surface area contributed by atoms with E-state index >= 15 is 0 Å². The highest BCUT2D eigenvalue weighted by molar-refractivity contribution is 7.99. The molecule has 0 atom stereocenters. The molecule has 0 saturated carbocycles. The number of carbonyl (C=O) groups is 1. The van der Waals surface area contributed by atoms with Crippen molar-refractivity contribution in [2.45, 2.75) is 11.7 Å². The molecule has 0 aliphatic carbocycles. The van der Waals surface area contributed by atoms with Crippen LogP contribution < -0.4 is 0 Å². The van der Waals surface area contributed by atoms with Gasteiger partial charge in [-0.2, -0.15) is 4.68 Å². The molecule has 3 rings (SSSR count). The molecule has 1 amide bonds. The van der Waals surface area contributed by atoms with E-state index in [1.165, 1.54) is 33.8 Å². The number of carbonyl (C=O) groups excluding carboxylic acids is 1. The maximum atomic E-state index is 13.9. The topological polar surface area (TPSA) is 84.1 Å². The first kappa shape index (κ1) is 19.1. The van der Waals surface area contributed by atoms with E-state index in [0.717, 1.165) is 11.8 Å². The molecule has 0 aliphatic heterocycles. The van der Waals surface area contributed by atoms with Crippen LogP contribution >= 0.6 is 23.4 Å². The fraction of sp³-hybridized carbons (Fsp3) is 0.176. The van der Waals surface area contributed by atoms with E-state index in [2.05, 4.69) is 15.5 Å². The summed E-state index contributed by atoms with van der Waals surface area (Å²) in [5, 5.41) is 21.5. The lowest BCUT2D eigenvalue weighted by molar-refractivity contribution is -0.127. The largest absolute Gasteiger partial charge is 0.508 e. The fourth-order valence-electron chi connectivity index (χ4n) is 2.27. The number of amides is 1. The Kier molecular flexibility index (Phi) is 5.92. The lowest BCUT2D eigenvalue weighted by atomic mass is 10.2. The molecule has 0 radical (unpaired) electrons. The quantitative estimate of drug-likeness (QED) is 0.632. The molecule has 0 spiro atoms. The summed E-state index contributed by atoms with van der Waals surface area (Å²) < 4.78 is 15.3. The van der Waals surface area contributed by atoms with Crippen LogP contribution in [0.2, 0.25) is 5.02 Å². The molecule has 0 saturated heterocycles. The SMILES string of the molecule is CN(Cc1c(F)cccc1Cl)C(=O)CSc1nnnn1-c1ccc(O)cc1. The van der Waals surface area contributed by atoms with Crippen LogP contribution in [0.15, 0.2) is 47.6 Å². The monoisotopic (exact) mass is 407 g/mol. The predicted molar refractivity (Wildman–Crippen MR) is 99.4 cm³/mol. The Morgan fingerprint density at radius 3 is 2.74 bits per heavy atom. The zero-order chi connectivity index (χ0) is 19.4. The zero-order valence-electron chi connectivity index (χ0n) is 14.2. The number of aromatic nitrogens is 4. The summed E-state index contributed by atoms with van der Waals surface area (Å²) in [4.78, 5) is 13.8. The molecule has 1 heterocycles. The van der Waals surface area contributed by atoms with Crippen molar-refractivity contribution in [1.82, 2.24) is 25.1 Å². The van der Waals surface area contributed by atoms with Gasteiger partial charge < -0.3 is 10.0 Å². The summed E-state index contributed by atoms with van der Waals surface area (Å²) in [6.07, 6.45) is 0. The van der Waals surface area contributed by atoms with E-state index in [0.29, 0.717) is 10.8 Å². The number of benzene rings is 2. The van der Waals surface area contributed by atoms with E-state index in [4.69, 9.17) is 11.6 Å². The van der Waals surface area contributed by atoms with Crippen LogP contribution in [-0.4, -0.2) is 48.9 Å². The maximum Gasteiger partial charge on any atom is 0.233 e. The highest BCUT2D eigenvalue weighted by Gasteiger charge is 2.17. The average molecular weight is 408 g/mol. The summed E-state index contributed by atoms with van der Waals surface area (Å²) in [7, 11) is 1.58. The molecular weight excluding hydrogens is 393 g/mol. The first-order chi connectivity index (χ1) is 13.0. The van der Waals surface area contributed by atoms with E-state index in [9.17, 15) is 14.3 Å². The Balaban J connectivity index is 1.64. The van der Waals surface area contributed by atoms with Crippen molar-refractivity contribution in [3.8, 4) is 11.4 Å². The Bertz CT molecular complexity index is 931. The van der Waals surface area contributed by atoms with Crippen LogP contribution in [-0.2, 0) is 11.3 Å². The van der Waals surface area contributed by atoms with Gasteiger partial charge in [0, 0.05) is 24.2 Å². The minimum absolute atomic E-state index is 0.0633. The van der Waals surface area contributed by atoms with Crippen molar-refractivity contribution >= 4 is 29.3 Å². The van der Waals surface area contributed by atoms with Gasteiger partial charge in [0.25, 0.3) is 0 Å². The molecule has 1 N–H and O–H groups in total. The number of rotatable bonds is 6. The fourth-order valence-corrected chi connectivity index (χ4v) is 3.32. The van der Waals surface area contributed by atoms with Gasteiger partial charge in [0.1, 0.15) is 11.6 Å². The van der Waals surface area contributed by atoms with Gasteiger partial charge >= 0.3 is 0 Å². The second kappa shape index (κ2) is 8.36. The summed E-state index contributed by atoms with van der Waals surface area (Å²) in [6.45, 7) is 0.0633. The molecule has 10 heteroatoms. The number of hydrogen-bond donors (Lipinski definition) is 1. The summed E-state index contributed by atoms with van der Waals surface area (Å²) >= 11 is 7.16. The molecule has 0 fully saturated rings. The van der Waals surface area contributed by atoms with Gasteiger partial charge in [0.2, 0.25) is 11.1 Å². The number of hydrogen-bond acceptors (Lipinski definition) is 6. The van der Waals surface area contributed by atoms with Gasteiger partial charge in [-0.15, -0.1) is 5.10 Å². The van der Waals surface area contributed by atoms with Crippen molar-refractivity contribution < 1.29 is 14.3 Å². The second-order valence-corrected chi connectivity index (χ2v) is 6.98. The molecule has 27 heavy (non-hydrogen) atoms. The van der Waals surface area contributed by atoms with Crippen molar-refractivity contribution in [2.75, 3.05) is 12.8 Å². The van der Waals surface area contributed by atoms with Crippen LogP contribution in [0.3, 0.4) is 0 Å². The lowest BCUT2D eigenvalue weighted by Gasteiger charge is -2.18. The van der Waals surface area contributed by atoms with Crippen molar-refractivity contribution in [1.29, 1.82) is 0 Å². The Labute approximate surface area is 163 Å². The van der Waals surface area contributed by atoms with E-state index in [1.54, 1.807) is 25.2 Å². The Morgan fingerprint density at radius 2 is 2.04 bits per heavy atom. The predicted octanol–water partition coefficient (Wildman–Crippen LogP) is 2.91. The molecular formula is C17H15ClFN5O2S. The molecule has 0 unspecified atom stereocenters. The summed E-state index contributed by atoms with van der Waals surface area (Å²) in [5.41, 5.74) is 0.924. The maximum absolute atomic E-state index is 13.9. The van der Waals surface area contributed by atoms with Crippen LogP contribution in [0.5, 0.6) is 5.75 Å². The van der Waals surface area contributed by atoms with Crippen molar-refractivity contribution in [3.05, 3.63) is 58.9 Å². The van der Waals surface area contributed by atoms with E-state index in [-0.39, 0.29) is 34.5 Å². The van der Waals surface area contributed by atoms with Crippen molar-refractivity contribution in [3.63, 3.8) is 0 Å². The number of aromatic hydroxyl groups is 1. The van der Waals surface area contributed by atoms with Gasteiger partial charge in [0.05, 0.1) is 11.4 Å². The van der Waals surface area contributed by atoms with Crippen LogP contribution in [0.1, 0.15) is 5.56 Å². The highest BCUT2D eigenvalue weighted by atomic mass is 35.5. The number of tetrazole rings is 1. The van der Waals surface area contributed by atoms with Gasteiger partial charge in [-0.05, 0) is 46.8 Å². The molecule has 0 aliphatic rings. The van der Waals surface area contributed by atoms with Gasteiger partial charge in [-0.3, -0.25) is 4.79 Å². The Hall–Kier alpha value is -2.65.